The highest BCUT2D eigenvalue weighted by atomic mass is 19.1. The smallest absolute Gasteiger partial charge is 0.165 e. The van der Waals surface area contributed by atoms with E-state index in [9.17, 15) is 4.39 Å². The lowest BCUT2D eigenvalue weighted by atomic mass is 10.2. The maximum Gasteiger partial charge on any atom is 0.165 e. The number of ether oxygens (including phenoxy) is 2. The van der Waals surface area contributed by atoms with Crippen LogP contribution in [0.4, 0.5) is 4.39 Å². The van der Waals surface area contributed by atoms with Crippen LogP contribution in [0.25, 0.3) is 0 Å². The van der Waals surface area contributed by atoms with Crippen molar-refractivity contribution in [2.24, 2.45) is 5.73 Å². The van der Waals surface area contributed by atoms with Crippen molar-refractivity contribution in [3.8, 4) is 17.6 Å². The van der Waals surface area contributed by atoms with E-state index in [0.717, 1.165) is 0 Å². The standard InChI is InChI=1S/C12H14FNO2/c1-15-7-8-16-12-9-10(3-2-6-14)4-5-11(12)13/h4-5,9H,6-8,14H2,1H3. The molecule has 0 spiro atoms. The number of benzene rings is 1. The molecule has 1 aromatic carbocycles. The minimum Gasteiger partial charge on any atom is -0.488 e. The minimum atomic E-state index is -0.408. The van der Waals surface area contributed by atoms with Gasteiger partial charge in [-0.05, 0) is 18.2 Å². The summed E-state index contributed by atoms with van der Waals surface area (Å²) in [6.45, 7) is 0.997. The number of hydrogen-bond acceptors (Lipinski definition) is 3. The van der Waals surface area contributed by atoms with E-state index in [0.29, 0.717) is 18.8 Å². The molecule has 0 fully saturated rings. The van der Waals surface area contributed by atoms with Crippen LogP contribution in [0.1, 0.15) is 5.56 Å². The summed E-state index contributed by atoms with van der Waals surface area (Å²) in [6, 6.07) is 4.46. The van der Waals surface area contributed by atoms with E-state index in [1.807, 2.05) is 0 Å². The van der Waals surface area contributed by atoms with Crippen LogP contribution in [0.5, 0.6) is 5.75 Å². The highest BCUT2D eigenvalue weighted by Crippen LogP contribution is 2.18. The van der Waals surface area contributed by atoms with E-state index in [2.05, 4.69) is 11.8 Å². The molecular weight excluding hydrogens is 209 g/mol. The molecule has 0 saturated carbocycles. The Hall–Kier alpha value is -1.57. The Balaban J connectivity index is 2.74. The van der Waals surface area contributed by atoms with Crippen molar-refractivity contribution in [2.75, 3.05) is 26.9 Å². The SMILES string of the molecule is COCCOc1cc(C#CCN)ccc1F. The summed E-state index contributed by atoms with van der Waals surface area (Å²) in [5, 5.41) is 0. The number of rotatable bonds is 4. The minimum absolute atomic E-state index is 0.181. The van der Waals surface area contributed by atoms with E-state index in [4.69, 9.17) is 15.2 Å². The van der Waals surface area contributed by atoms with Crippen LogP contribution in [0.2, 0.25) is 0 Å². The average Bonchev–Trinajstić information content (AvgIpc) is 2.30. The van der Waals surface area contributed by atoms with Gasteiger partial charge in [-0.15, -0.1) is 0 Å². The van der Waals surface area contributed by atoms with Crippen LogP contribution in [0, 0.1) is 17.7 Å². The molecule has 0 aromatic heterocycles. The number of nitrogens with two attached hydrogens (primary N) is 1. The number of hydrogen-bond donors (Lipinski definition) is 1. The van der Waals surface area contributed by atoms with E-state index in [-0.39, 0.29) is 12.3 Å². The van der Waals surface area contributed by atoms with Crippen LogP contribution in [-0.2, 0) is 4.74 Å². The van der Waals surface area contributed by atoms with Gasteiger partial charge in [0.05, 0.1) is 13.2 Å². The molecule has 0 unspecified atom stereocenters. The molecule has 0 radical (unpaired) electrons. The molecule has 4 heteroatoms. The highest BCUT2D eigenvalue weighted by Gasteiger charge is 2.03. The molecule has 3 nitrogen and oxygen atoms in total. The largest absolute Gasteiger partial charge is 0.488 e. The monoisotopic (exact) mass is 223 g/mol. The van der Waals surface area contributed by atoms with Gasteiger partial charge in [0.15, 0.2) is 11.6 Å². The summed E-state index contributed by atoms with van der Waals surface area (Å²) < 4.78 is 23.3. The molecule has 0 heterocycles. The van der Waals surface area contributed by atoms with Gasteiger partial charge in [-0.1, -0.05) is 11.8 Å². The van der Waals surface area contributed by atoms with Crippen molar-refractivity contribution in [3.05, 3.63) is 29.6 Å². The van der Waals surface area contributed by atoms with Gasteiger partial charge in [0, 0.05) is 12.7 Å². The Labute approximate surface area is 94.4 Å². The molecule has 86 valence electrons. The second-order valence-corrected chi connectivity index (χ2v) is 2.99. The lowest BCUT2D eigenvalue weighted by Crippen LogP contribution is -2.05. The van der Waals surface area contributed by atoms with Crippen LogP contribution in [0.15, 0.2) is 18.2 Å². The Morgan fingerprint density at radius 2 is 2.19 bits per heavy atom. The third-order valence-electron chi connectivity index (χ3n) is 1.81. The van der Waals surface area contributed by atoms with E-state index >= 15 is 0 Å². The Morgan fingerprint density at radius 3 is 2.88 bits per heavy atom. The topological polar surface area (TPSA) is 44.5 Å². The lowest BCUT2D eigenvalue weighted by molar-refractivity contribution is 0.144. The van der Waals surface area contributed by atoms with Crippen molar-refractivity contribution < 1.29 is 13.9 Å². The second-order valence-electron chi connectivity index (χ2n) is 2.99. The van der Waals surface area contributed by atoms with Gasteiger partial charge in [-0.25, -0.2) is 4.39 Å². The molecule has 0 aliphatic heterocycles. The molecule has 0 amide bonds. The molecular formula is C12H14FNO2. The lowest BCUT2D eigenvalue weighted by Gasteiger charge is -2.06. The molecule has 0 aliphatic rings. The molecule has 1 aromatic rings. The number of halogens is 1. The molecule has 1 rings (SSSR count). The highest BCUT2D eigenvalue weighted by molar-refractivity contribution is 5.40. The van der Waals surface area contributed by atoms with Gasteiger partial charge in [0.1, 0.15) is 6.61 Å². The molecule has 0 aliphatic carbocycles. The van der Waals surface area contributed by atoms with Gasteiger partial charge < -0.3 is 15.2 Å². The first-order valence-electron chi connectivity index (χ1n) is 4.88. The van der Waals surface area contributed by atoms with Gasteiger partial charge in [-0.3, -0.25) is 0 Å². The maximum absolute atomic E-state index is 13.3. The first-order chi connectivity index (χ1) is 7.77. The first-order valence-corrected chi connectivity index (χ1v) is 4.88. The van der Waals surface area contributed by atoms with Crippen molar-refractivity contribution in [1.29, 1.82) is 0 Å². The van der Waals surface area contributed by atoms with Crippen molar-refractivity contribution in [1.82, 2.24) is 0 Å². The van der Waals surface area contributed by atoms with Crippen molar-refractivity contribution in [3.63, 3.8) is 0 Å². The van der Waals surface area contributed by atoms with Crippen LogP contribution in [0.3, 0.4) is 0 Å². The van der Waals surface area contributed by atoms with Gasteiger partial charge >= 0.3 is 0 Å². The summed E-state index contributed by atoms with van der Waals surface area (Å²) in [5.41, 5.74) is 5.93. The summed E-state index contributed by atoms with van der Waals surface area (Å²) in [5.74, 6) is 5.28. The van der Waals surface area contributed by atoms with E-state index in [1.165, 1.54) is 6.07 Å². The fraction of sp³-hybridized carbons (Fsp3) is 0.333. The zero-order valence-electron chi connectivity index (χ0n) is 9.13. The van der Waals surface area contributed by atoms with Gasteiger partial charge in [0.25, 0.3) is 0 Å². The Morgan fingerprint density at radius 1 is 1.38 bits per heavy atom. The molecule has 0 saturated heterocycles. The van der Waals surface area contributed by atoms with Crippen molar-refractivity contribution in [2.45, 2.75) is 0 Å². The van der Waals surface area contributed by atoms with Crippen molar-refractivity contribution >= 4 is 0 Å². The molecule has 0 atom stereocenters. The normalized spacial score (nSPS) is 9.44. The summed E-state index contributed by atoms with van der Waals surface area (Å²) in [4.78, 5) is 0. The molecule has 2 N–H and O–H groups in total. The summed E-state index contributed by atoms with van der Waals surface area (Å²) >= 11 is 0. The zero-order chi connectivity index (χ0) is 11.8. The van der Waals surface area contributed by atoms with Gasteiger partial charge in [0.2, 0.25) is 0 Å². The van der Waals surface area contributed by atoms with Gasteiger partial charge in [-0.2, -0.15) is 0 Å². The summed E-state index contributed by atoms with van der Waals surface area (Å²) in [7, 11) is 1.56. The third-order valence-corrected chi connectivity index (χ3v) is 1.81. The third kappa shape index (κ3) is 3.89. The maximum atomic E-state index is 13.3. The predicted molar refractivity (Wildman–Crippen MR) is 59.7 cm³/mol. The zero-order valence-corrected chi connectivity index (χ0v) is 9.13. The quantitative estimate of drug-likeness (QED) is 0.615. The average molecular weight is 223 g/mol. The Kier molecular flexibility index (Phi) is 5.34. The van der Waals surface area contributed by atoms with E-state index < -0.39 is 5.82 Å². The Bertz CT molecular complexity index is 396. The molecule has 0 bridgehead atoms. The molecule has 16 heavy (non-hydrogen) atoms. The van der Waals surface area contributed by atoms with Crippen LogP contribution >= 0.6 is 0 Å². The fourth-order valence-electron chi connectivity index (χ4n) is 1.08. The van der Waals surface area contributed by atoms with Crippen LogP contribution < -0.4 is 10.5 Å². The summed E-state index contributed by atoms with van der Waals surface area (Å²) in [6.07, 6.45) is 0. The fourth-order valence-corrected chi connectivity index (χ4v) is 1.08. The first kappa shape index (κ1) is 12.5. The van der Waals surface area contributed by atoms with E-state index in [1.54, 1.807) is 19.2 Å². The number of methoxy groups -OCH3 is 1. The van der Waals surface area contributed by atoms with Crippen LogP contribution in [-0.4, -0.2) is 26.9 Å². The second kappa shape index (κ2) is 6.83. The predicted octanol–water partition coefficient (Wildman–Crippen LogP) is 1.16.